The molecule has 0 bridgehead atoms. The second-order valence-corrected chi connectivity index (χ2v) is 5.49. The van der Waals surface area contributed by atoms with Gasteiger partial charge in [-0.25, -0.2) is 9.59 Å². The van der Waals surface area contributed by atoms with Crippen LogP contribution in [0.3, 0.4) is 0 Å². The van der Waals surface area contributed by atoms with Crippen LogP contribution in [0, 0.1) is 0 Å². The molecule has 0 spiro atoms. The molecule has 0 saturated heterocycles. The van der Waals surface area contributed by atoms with Crippen molar-refractivity contribution in [2.45, 2.75) is 6.42 Å². The lowest BCUT2D eigenvalue weighted by Crippen LogP contribution is -2.13. The van der Waals surface area contributed by atoms with Crippen LogP contribution in [0.4, 0.5) is 0 Å². The Morgan fingerprint density at radius 2 is 1.61 bits per heavy atom. The van der Waals surface area contributed by atoms with E-state index in [4.69, 9.17) is 4.74 Å². The minimum atomic E-state index is -0.647. The molecule has 7 heteroatoms. The van der Waals surface area contributed by atoms with Gasteiger partial charge in [-0.1, -0.05) is 6.07 Å². The predicted molar refractivity (Wildman–Crippen MR) is 82.8 cm³/mol. The number of carbonyl (C=O) groups is 3. The Hall–Kier alpha value is -2.67. The van der Waals surface area contributed by atoms with Gasteiger partial charge in [0.2, 0.25) is 0 Å². The van der Waals surface area contributed by atoms with Gasteiger partial charge in [-0.3, -0.25) is 4.79 Å². The third-order valence-electron chi connectivity index (χ3n) is 2.88. The number of benzene rings is 1. The first kappa shape index (κ1) is 16.7. The van der Waals surface area contributed by atoms with E-state index in [0.717, 1.165) is 4.88 Å². The SMILES string of the molecule is COC(=O)c1cc(OC(=O)Cc2cccs2)cc(C(=O)OC)c1. The maximum Gasteiger partial charge on any atom is 0.338 e. The van der Waals surface area contributed by atoms with Gasteiger partial charge in [0.25, 0.3) is 0 Å². The highest BCUT2D eigenvalue weighted by atomic mass is 32.1. The molecule has 120 valence electrons. The Bertz CT molecular complexity index is 686. The van der Waals surface area contributed by atoms with Crippen LogP contribution in [0.1, 0.15) is 25.6 Å². The smallest absolute Gasteiger partial charge is 0.338 e. The topological polar surface area (TPSA) is 78.9 Å². The molecule has 1 heterocycles. The molecule has 6 nitrogen and oxygen atoms in total. The molecule has 0 saturated carbocycles. The molecular weight excluding hydrogens is 320 g/mol. The highest BCUT2D eigenvalue weighted by Crippen LogP contribution is 2.20. The number of methoxy groups -OCH3 is 2. The first-order valence-corrected chi connectivity index (χ1v) is 7.46. The highest BCUT2D eigenvalue weighted by molar-refractivity contribution is 7.10. The normalized spacial score (nSPS) is 10.0. The van der Waals surface area contributed by atoms with Crippen LogP contribution in [0.25, 0.3) is 0 Å². The largest absolute Gasteiger partial charge is 0.465 e. The van der Waals surface area contributed by atoms with Crippen molar-refractivity contribution in [3.8, 4) is 5.75 Å². The zero-order chi connectivity index (χ0) is 16.8. The van der Waals surface area contributed by atoms with E-state index >= 15 is 0 Å². The molecule has 2 aromatic rings. The van der Waals surface area contributed by atoms with Crippen LogP contribution in [0.2, 0.25) is 0 Å². The lowest BCUT2D eigenvalue weighted by atomic mass is 10.1. The standard InChI is InChI=1S/C16H14O6S/c1-20-15(18)10-6-11(16(19)21-2)8-12(7-10)22-14(17)9-13-4-3-5-23-13/h3-8H,9H2,1-2H3. The van der Waals surface area contributed by atoms with Crippen LogP contribution in [-0.4, -0.2) is 32.1 Å². The summed E-state index contributed by atoms with van der Waals surface area (Å²) in [5.74, 6) is -1.71. The van der Waals surface area contributed by atoms with Gasteiger partial charge in [0.1, 0.15) is 5.75 Å². The number of ether oxygens (including phenoxy) is 3. The molecule has 0 aliphatic heterocycles. The Balaban J connectivity index is 2.23. The van der Waals surface area contributed by atoms with Gasteiger partial charge in [0.15, 0.2) is 0 Å². The second-order valence-electron chi connectivity index (χ2n) is 4.46. The molecule has 0 aliphatic carbocycles. The van der Waals surface area contributed by atoms with Crippen molar-refractivity contribution >= 4 is 29.2 Å². The van der Waals surface area contributed by atoms with Crippen LogP contribution in [0.15, 0.2) is 35.7 Å². The number of thiophene rings is 1. The first-order valence-electron chi connectivity index (χ1n) is 6.58. The molecule has 0 fully saturated rings. The summed E-state index contributed by atoms with van der Waals surface area (Å²) in [6.45, 7) is 0. The van der Waals surface area contributed by atoms with Crippen LogP contribution in [0.5, 0.6) is 5.75 Å². The maximum absolute atomic E-state index is 11.9. The fraction of sp³-hybridized carbons (Fsp3) is 0.188. The summed E-state index contributed by atoms with van der Waals surface area (Å²) in [5.41, 5.74) is 0.184. The van der Waals surface area contributed by atoms with Crippen molar-refractivity contribution in [1.29, 1.82) is 0 Å². The van der Waals surface area contributed by atoms with E-state index in [1.165, 1.54) is 43.8 Å². The highest BCUT2D eigenvalue weighted by Gasteiger charge is 2.16. The van der Waals surface area contributed by atoms with Crippen LogP contribution in [-0.2, 0) is 20.7 Å². The first-order chi connectivity index (χ1) is 11.0. The van der Waals surface area contributed by atoms with Gasteiger partial charge in [-0.15, -0.1) is 11.3 Å². The fourth-order valence-electron chi connectivity index (χ4n) is 1.85. The van der Waals surface area contributed by atoms with Crippen molar-refractivity contribution in [2.24, 2.45) is 0 Å². The molecular formula is C16H14O6S. The Morgan fingerprint density at radius 3 is 2.09 bits per heavy atom. The molecule has 0 N–H and O–H groups in total. The average molecular weight is 334 g/mol. The molecule has 23 heavy (non-hydrogen) atoms. The molecule has 1 aromatic heterocycles. The van der Waals surface area contributed by atoms with E-state index in [1.54, 1.807) is 0 Å². The second kappa shape index (κ2) is 7.55. The summed E-state index contributed by atoms with van der Waals surface area (Å²) in [5, 5.41) is 1.86. The molecule has 0 atom stereocenters. The van der Waals surface area contributed by atoms with Crippen molar-refractivity contribution < 1.29 is 28.6 Å². The van der Waals surface area contributed by atoms with Gasteiger partial charge in [-0.2, -0.15) is 0 Å². The molecule has 0 amide bonds. The van der Waals surface area contributed by atoms with Crippen LogP contribution < -0.4 is 4.74 Å². The predicted octanol–water partition coefficient (Wildman–Crippen LogP) is 2.47. The van der Waals surface area contributed by atoms with E-state index in [9.17, 15) is 14.4 Å². The van der Waals surface area contributed by atoms with Gasteiger partial charge in [0, 0.05) is 4.88 Å². The zero-order valence-corrected chi connectivity index (χ0v) is 13.3. The summed E-state index contributed by atoms with van der Waals surface area (Å²) in [7, 11) is 2.44. The molecule has 0 radical (unpaired) electrons. The monoisotopic (exact) mass is 334 g/mol. The number of carbonyl (C=O) groups excluding carboxylic acids is 3. The van der Waals surface area contributed by atoms with E-state index in [1.807, 2.05) is 17.5 Å². The summed E-state index contributed by atoms with van der Waals surface area (Å²) < 4.78 is 14.5. The number of hydrogen-bond acceptors (Lipinski definition) is 7. The summed E-state index contributed by atoms with van der Waals surface area (Å²) >= 11 is 1.44. The van der Waals surface area contributed by atoms with Crippen molar-refractivity contribution in [3.63, 3.8) is 0 Å². The molecule has 2 rings (SSSR count). The van der Waals surface area contributed by atoms with Gasteiger partial charge < -0.3 is 14.2 Å². The van der Waals surface area contributed by atoms with E-state index < -0.39 is 17.9 Å². The third-order valence-corrected chi connectivity index (χ3v) is 3.76. The van der Waals surface area contributed by atoms with Gasteiger partial charge >= 0.3 is 17.9 Å². The Labute approximate surface area is 136 Å². The third kappa shape index (κ3) is 4.40. The number of esters is 3. The zero-order valence-electron chi connectivity index (χ0n) is 12.5. The Kier molecular flexibility index (Phi) is 5.48. The number of rotatable bonds is 5. The fourth-order valence-corrected chi connectivity index (χ4v) is 2.54. The minimum Gasteiger partial charge on any atom is -0.465 e. The van der Waals surface area contributed by atoms with Gasteiger partial charge in [0.05, 0.1) is 31.8 Å². The summed E-state index contributed by atoms with van der Waals surface area (Å²) in [6, 6.07) is 7.64. The van der Waals surface area contributed by atoms with Crippen LogP contribution >= 0.6 is 11.3 Å². The lowest BCUT2D eigenvalue weighted by Gasteiger charge is -2.08. The van der Waals surface area contributed by atoms with Crippen molar-refractivity contribution in [2.75, 3.05) is 14.2 Å². The number of hydrogen-bond donors (Lipinski definition) is 0. The Morgan fingerprint density at radius 1 is 1.00 bits per heavy atom. The minimum absolute atomic E-state index is 0.0786. The molecule has 0 unspecified atom stereocenters. The lowest BCUT2D eigenvalue weighted by molar-refractivity contribution is -0.133. The van der Waals surface area contributed by atoms with E-state index in [2.05, 4.69) is 9.47 Å². The quantitative estimate of drug-likeness (QED) is 0.617. The van der Waals surface area contributed by atoms with Gasteiger partial charge in [-0.05, 0) is 29.6 Å². The van der Waals surface area contributed by atoms with E-state index in [-0.39, 0.29) is 23.3 Å². The maximum atomic E-state index is 11.9. The van der Waals surface area contributed by atoms with Crippen molar-refractivity contribution in [1.82, 2.24) is 0 Å². The molecule has 1 aromatic carbocycles. The summed E-state index contributed by atoms with van der Waals surface area (Å²) in [4.78, 5) is 36.1. The van der Waals surface area contributed by atoms with E-state index in [0.29, 0.717) is 0 Å². The average Bonchev–Trinajstić information content (AvgIpc) is 3.05. The summed E-state index contributed by atoms with van der Waals surface area (Å²) in [6.07, 6.45) is 0.105. The molecule has 0 aliphatic rings. The van der Waals surface area contributed by atoms with Crippen molar-refractivity contribution in [3.05, 3.63) is 51.7 Å².